The van der Waals surface area contributed by atoms with Crippen LogP contribution in [0.15, 0.2) is 59.1 Å². The van der Waals surface area contributed by atoms with Crippen molar-refractivity contribution in [1.29, 1.82) is 0 Å². The van der Waals surface area contributed by atoms with E-state index in [1.165, 1.54) is 30.3 Å². The minimum Gasteiger partial charge on any atom is -0.354 e. The van der Waals surface area contributed by atoms with E-state index < -0.39 is 23.7 Å². The molecule has 1 heterocycles. The second-order valence-electron chi connectivity index (χ2n) is 5.54. The van der Waals surface area contributed by atoms with Crippen molar-refractivity contribution in [2.24, 2.45) is 0 Å². The van der Waals surface area contributed by atoms with Gasteiger partial charge < -0.3 is 4.52 Å². The highest BCUT2D eigenvalue weighted by Crippen LogP contribution is 2.31. The van der Waals surface area contributed by atoms with Gasteiger partial charge in [0.2, 0.25) is 0 Å². The van der Waals surface area contributed by atoms with Crippen molar-refractivity contribution in [1.82, 2.24) is 10.5 Å². The molecule has 0 saturated carbocycles. The van der Waals surface area contributed by atoms with Gasteiger partial charge in [-0.05, 0) is 24.3 Å². The summed E-state index contributed by atoms with van der Waals surface area (Å²) in [5, 5.41) is 8.14. The third kappa shape index (κ3) is 4.49. The quantitative estimate of drug-likeness (QED) is 0.639. The Bertz CT molecular complexity index is 1020. The van der Waals surface area contributed by atoms with E-state index in [-0.39, 0.29) is 22.2 Å². The molecule has 2 N–H and O–H groups in total. The molecular formula is C18H11ClF3N3O3. The first-order valence-corrected chi connectivity index (χ1v) is 8.13. The Labute approximate surface area is 161 Å². The van der Waals surface area contributed by atoms with Gasteiger partial charge in [-0.3, -0.25) is 15.4 Å². The standard InChI is InChI=1S/C18H11ClF3N3O3/c19-13-4-2-1-3-12(13)16(26)24-17(27)23-15-9-14(28-25-15)10-5-7-11(8-6-10)18(20,21)22/h1-9H,(H2,23,24,25,26,27). The van der Waals surface area contributed by atoms with Gasteiger partial charge in [0, 0.05) is 11.6 Å². The molecule has 0 fully saturated rings. The normalized spacial score (nSPS) is 11.1. The molecule has 3 rings (SSSR count). The molecule has 144 valence electrons. The fraction of sp³-hybridized carbons (Fsp3) is 0.0556. The lowest BCUT2D eigenvalue weighted by atomic mass is 10.1. The van der Waals surface area contributed by atoms with Gasteiger partial charge >= 0.3 is 12.2 Å². The summed E-state index contributed by atoms with van der Waals surface area (Å²) >= 11 is 5.88. The first kappa shape index (κ1) is 19.4. The molecular weight excluding hydrogens is 399 g/mol. The first-order valence-electron chi connectivity index (χ1n) is 7.75. The van der Waals surface area contributed by atoms with Crippen LogP contribution in [-0.4, -0.2) is 17.1 Å². The van der Waals surface area contributed by atoms with Crippen LogP contribution in [0.5, 0.6) is 0 Å². The van der Waals surface area contributed by atoms with Crippen LogP contribution in [0, 0.1) is 0 Å². The third-order valence-electron chi connectivity index (χ3n) is 3.59. The zero-order valence-corrected chi connectivity index (χ0v) is 14.6. The predicted molar refractivity (Wildman–Crippen MR) is 94.9 cm³/mol. The van der Waals surface area contributed by atoms with Crippen molar-refractivity contribution in [3.05, 3.63) is 70.7 Å². The van der Waals surface area contributed by atoms with Crippen molar-refractivity contribution < 1.29 is 27.3 Å². The molecule has 0 aliphatic rings. The van der Waals surface area contributed by atoms with Crippen LogP contribution < -0.4 is 10.6 Å². The number of anilines is 1. The number of hydrogen-bond acceptors (Lipinski definition) is 4. The Hall–Kier alpha value is -3.33. The SMILES string of the molecule is O=C(NC(=O)c1ccccc1Cl)Nc1cc(-c2ccc(C(F)(F)F)cc2)on1. The number of carbonyl (C=O) groups is 2. The average molecular weight is 410 g/mol. The number of rotatable bonds is 3. The summed E-state index contributed by atoms with van der Waals surface area (Å²) in [5.41, 5.74) is -0.349. The number of imide groups is 1. The Balaban J connectivity index is 1.65. The van der Waals surface area contributed by atoms with Crippen molar-refractivity contribution in [2.45, 2.75) is 6.18 Å². The summed E-state index contributed by atoms with van der Waals surface area (Å²) < 4.78 is 42.8. The molecule has 0 radical (unpaired) electrons. The van der Waals surface area contributed by atoms with Crippen molar-refractivity contribution in [2.75, 3.05) is 5.32 Å². The average Bonchev–Trinajstić information content (AvgIpc) is 3.09. The molecule has 1 aromatic heterocycles. The van der Waals surface area contributed by atoms with E-state index in [0.29, 0.717) is 5.56 Å². The number of amides is 3. The zero-order chi connectivity index (χ0) is 20.3. The maximum Gasteiger partial charge on any atom is 0.416 e. The highest BCUT2D eigenvalue weighted by atomic mass is 35.5. The molecule has 0 bridgehead atoms. The molecule has 10 heteroatoms. The maximum absolute atomic E-state index is 12.6. The molecule has 28 heavy (non-hydrogen) atoms. The summed E-state index contributed by atoms with van der Waals surface area (Å²) in [4.78, 5) is 23.9. The van der Waals surface area contributed by atoms with Gasteiger partial charge in [-0.25, -0.2) is 4.79 Å². The molecule has 2 aromatic carbocycles. The van der Waals surface area contributed by atoms with Crippen LogP contribution >= 0.6 is 11.6 Å². The summed E-state index contributed by atoms with van der Waals surface area (Å²) in [7, 11) is 0. The van der Waals surface area contributed by atoms with E-state index in [9.17, 15) is 22.8 Å². The number of hydrogen-bond donors (Lipinski definition) is 2. The van der Waals surface area contributed by atoms with E-state index in [1.54, 1.807) is 12.1 Å². The van der Waals surface area contributed by atoms with Crippen molar-refractivity contribution in [3.8, 4) is 11.3 Å². The molecule has 0 aliphatic carbocycles. The molecule has 3 amide bonds. The lowest BCUT2D eigenvalue weighted by Gasteiger charge is -2.06. The molecule has 0 saturated heterocycles. The van der Waals surface area contributed by atoms with E-state index in [2.05, 4.69) is 15.8 Å². The fourth-order valence-corrected chi connectivity index (χ4v) is 2.48. The van der Waals surface area contributed by atoms with Gasteiger partial charge in [0.15, 0.2) is 11.6 Å². The highest BCUT2D eigenvalue weighted by Gasteiger charge is 2.30. The lowest BCUT2D eigenvalue weighted by molar-refractivity contribution is -0.137. The molecule has 3 aromatic rings. The van der Waals surface area contributed by atoms with Crippen molar-refractivity contribution >= 4 is 29.4 Å². The van der Waals surface area contributed by atoms with Gasteiger partial charge in [-0.2, -0.15) is 13.2 Å². The van der Waals surface area contributed by atoms with Gasteiger partial charge in [-0.1, -0.05) is 41.0 Å². The summed E-state index contributed by atoms with van der Waals surface area (Å²) in [6, 6.07) is 10.8. The second kappa shape index (κ2) is 7.73. The Morgan fingerprint density at radius 2 is 1.71 bits per heavy atom. The largest absolute Gasteiger partial charge is 0.416 e. The Kier molecular flexibility index (Phi) is 5.36. The van der Waals surface area contributed by atoms with E-state index in [4.69, 9.17) is 16.1 Å². The third-order valence-corrected chi connectivity index (χ3v) is 3.92. The van der Waals surface area contributed by atoms with Crippen LogP contribution in [0.25, 0.3) is 11.3 Å². The number of carbonyl (C=O) groups excluding carboxylic acids is 2. The van der Waals surface area contributed by atoms with Crippen LogP contribution in [0.1, 0.15) is 15.9 Å². The molecule has 0 spiro atoms. The predicted octanol–water partition coefficient (Wildman–Crippen LogP) is 4.98. The van der Waals surface area contributed by atoms with Crippen molar-refractivity contribution in [3.63, 3.8) is 0 Å². The topological polar surface area (TPSA) is 84.2 Å². The number of halogens is 4. The fourth-order valence-electron chi connectivity index (χ4n) is 2.26. The number of aromatic nitrogens is 1. The minimum absolute atomic E-state index is 0.0284. The summed E-state index contributed by atoms with van der Waals surface area (Å²) in [5.74, 6) is -0.602. The van der Waals surface area contributed by atoms with Crippen LogP contribution in [-0.2, 0) is 6.18 Å². The molecule has 0 atom stereocenters. The summed E-state index contributed by atoms with van der Waals surface area (Å²) in [6.07, 6.45) is -4.45. The summed E-state index contributed by atoms with van der Waals surface area (Å²) in [6.45, 7) is 0. The van der Waals surface area contributed by atoms with E-state index >= 15 is 0 Å². The molecule has 0 aliphatic heterocycles. The smallest absolute Gasteiger partial charge is 0.354 e. The van der Waals surface area contributed by atoms with E-state index in [1.807, 2.05) is 0 Å². The zero-order valence-electron chi connectivity index (χ0n) is 13.9. The van der Waals surface area contributed by atoms with Gasteiger partial charge in [0.05, 0.1) is 16.1 Å². The maximum atomic E-state index is 12.6. The number of nitrogens with one attached hydrogen (secondary N) is 2. The lowest BCUT2D eigenvalue weighted by Crippen LogP contribution is -2.34. The van der Waals surface area contributed by atoms with Gasteiger partial charge in [0.25, 0.3) is 5.91 Å². The van der Waals surface area contributed by atoms with Crippen LogP contribution in [0.4, 0.5) is 23.8 Å². The number of benzene rings is 2. The molecule has 0 unspecified atom stereocenters. The first-order chi connectivity index (χ1) is 13.2. The monoisotopic (exact) mass is 409 g/mol. The highest BCUT2D eigenvalue weighted by molar-refractivity contribution is 6.34. The Morgan fingerprint density at radius 1 is 1.04 bits per heavy atom. The minimum atomic E-state index is -4.45. The van der Waals surface area contributed by atoms with E-state index in [0.717, 1.165) is 12.1 Å². The van der Waals surface area contributed by atoms with Crippen LogP contribution in [0.3, 0.4) is 0 Å². The van der Waals surface area contributed by atoms with Gasteiger partial charge in [0.1, 0.15) is 0 Å². The molecule has 6 nitrogen and oxygen atoms in total. The van der Waals surface area contributed by atoms with Gasteiger partial charge in [-0.15, -0.1) is 0 Å². The Morgan fingerprint density at radius 3 is 2.36 bits per heavy atom. The number of urea groups is 1. The second-order valence-corrected chi connectivity index (χ2v) is 5.95. The van der Waals surface area contributed by atoms with Crippen LogP contribution in [0.2, 0.25) is 5.02 Å². The number of alkyl halides is 3. The number of nitrogens with zero attached hydrogens (tertiary/aromatic N) is 1.